The fourth-order valence-electron chi connectivity index (χ4n) is 5.26. The monoisotopic (exact) mass is 448 g/mol. The van der Waals surface area contributed by atoms with Crippen molar-refractivity contribution < 1.29 is 14.4 Å². The molecule has 3 amide bonds. The minimum Gasteiger partial charge on any atom is -0.325 e. The molecule has 0 radical (unpaired) electrons. The summed E-state index contributed by atoms with van der Waals surface area (Å²) in [5, 5.41) is 3.17. The Kier molecular flexibility index (Phi) is 3.99. The topological polar surface area (TPSA) is 66.5 Å². The number of allylic oxidation sites excluding steroid dienone is 2. The van der Waals surface area contributed by atoms with Gasteiger partial charge in [0.15, 0.2) is 0 Å². The molecule has 3 fully saturated rings. The summed E-state index contributed by atoms with van der Waals surface area (Å²) in [5.74, 6) is 0.720. The number of halogens is 2. The molecule has 1 N–H and O–H groups in total. The summed E-state index contributed by atoms with van der Waals surface area (Å²) in [5.41, 5.74) is 0.514. The Morgan fingerprint density at radius 2 is 1.78 bits per heavy atom. The van der Waals surface area contributed by atoms with Crippen molar-refractivity contribution in [3.8, 4) is 0 Å². The molecule has 1 heterocycles. The number of amides is 3. The van der Waals surface area contributed by atoms with Gasteiger partial charge in [-0.15, -0.1) is 0 Å². The Bertz CT molecular complexity index is 865. The fraction of sp³-hybridized carbons (Fsp3) is 0.450. The Hall–Kier alpha value is -1.66. The molecule has 2 bridgehead atoms. The standard InChI is InChI=1S/C20H18BrClN2O3/c21-9-1-4-15(14(22)7-9)23-16(25)5-6-24-19(26)17-10-2-3-11(13-8-12(10)13)18(17)20(24)27/h1-4,7,10-13,17-18H,5-6,8H2,(H,23,25). The number of anilines is 1. The molecule has 2 saturated carbocycles. The van der Waals surface area contributed by atoms with Gasteiger partial charge in [0.25, 0.3) is 0 Å². The van der Waals surface area contributed by atoms with E-state index < -0.39 is 0 Å². The predicted molar refractivity (Wildman–Crippen MR) is 104 cm³/mol. The van der Waals surface area contributed by atoms with Crippen LogP contribution in [0.3, 0.4) is 0 Å². The normalized spacial score (nSPS) is 35.3. The van der Waals surface area contributed by atoms with E-state index in [-0.39, 0.29) is 54.4 Å². The second-order valence-corrected chi connectivity index (χ2v) is 9.23. The van der Waals surface area contributed by atoms with Gasteiger partial charge < -0.3 is 5.32 Å². The van der Waals surface area contributed by atoms with Crippen LogP contribution in [0.1, 0.15) is 12.8 Å². The van der Waals surface area contributed by atoms with E-state index in [9.17, 15) is 14.4 Å². The second-order valence-electron chi connectivity index (χ2n) is 7.91. The smallest absolute Gasteiger partial charge is 0.233 e. The molecule has 27 heavy (non-hydrogen) atoms. The number of hydrogen-bond acceptors (Lipinski definition) is 3. The quantitative estimate of drug-likeness (QED) is 0.565. The molecular formula is C20H18BrClN2O3. The van der Waals surface area contributed by atoms with E-state index in [2.05, 4.69) is 33.4 Å². The van der Waals surface area contributed by atoms with E-state index in [0.29, 0.717) is 22.5 Å². The van der Waals surface area contributed by atoms with Gasteiger partial charge in [0.1, 0.15) is 0 Å². The molecule has 6 unspecified atom stereocenters. The van der Waals surface area contributed by atoms with E-state index in [4.69, 9.17) is 11.6 Å². The summed E-state index contributed by atoms with van der Waals surface area (Å²) in [6, 6.07) is 5.19. The van der Waals surface area contributed by atoms with Crippen molar-refractivity contribution >= 4 is 50.9 Å². The molecule has 0 spiro atoms. The van der Waals surface area contributed by atoms with Gasteiger partial charge in [0.2, 0.25) is 17.7 Å². The molecule has 1 aliphatic heterocycles. The van der Waals surface area contributed by atoms with E-state index in [1.807, 2.05) is 0 Å². The third kappa shape index (κ3) is 2.68. The zero-order chi connectivity index (χ0) is 18.9. The van der Waals surface area contributed by atoms with E-state index in [1.54, 1.807) is 18.2 Å². The average Bonchev–Trinajstić information content (AvgIpc) is 3.41. The minimum absolute atomic E-state index is 0.0684. The van der Waals surface area contributed by atoms with Crippen molar-refractivity contribution in [3.05, 3.63) is 39.8 Å². The van der Waals surface area contributed by atoms with Gasteiger partial charge in [0, 0.05) is 17.4 Å². The lowest BCUT2D eigenvalue weighted by Gasteiger charge is -2.37. The van der Waals surface area contributed by atoms with E-state index >= 15 is 0 Å². The number of benzene rings is 1. The number of carbonyl (C=O) groups is 3. The first-order valence-corrected chi connectivity index (χ1v) is 10.4. The van der Waals surface area contributed by atoms with Crippen LogP contribution in [0.25, 0.3) is 0 Å². The first-order valence-electron chi connectivity index (χ1n) is 9.24. The summed E-state index contributed by atoms with van der Waals surface area (Å²) in [6.45, 7) is 0.124. The van der Waals surface area contributed by atoms with Crippen LogP contribution in [-0.4, -0.2) is 29.2 Å². The highest BCUT2D eigenvalue weighted by Gasteiger charge is 2.66. The molecule has 1 saturated heterocycles. The summed E-state index contributed by atoms with van der Waals surface area (Å²) in [4.78, 5) is 39.4. The third-order valence-electron chi connectivity index (χ3n) is 6.52. The lowest BCUT2D eigenvalue weighted by Crippen LogP contribution is -2.40. The van der Waals surface area contributed by atoms with Gasteiger partial charge in [0.05, 0.1) is 22.5 Å². The molecule has 1 aromatic rings. The number of nitrogens with zero attached hydrogens (tertiary/aromatic N) is 1. The lowest BCUT2D eigenvalue weighted by atomic mass is 9.63. The van der Waals surface area contributed by atoms with Gasteiger partial charge in [-0.3, -0.25) is 19.3 Å². The van der Waals surface area contributed by atoms with Crippen LogP contribution in [0.2, 0.25) is 5.02 Å². The average molecular weight is 450 g/mol. The molecule has 6 rings (SSSR count). The van der Waals surface area contributed by atoms with Crippen molar-refractivity contribution in [2.75, 3.05) is 11.9 Å². The Morgan fingerprint density at radius 1 is 1.15 bits per heavy atom. The zero-order valence-electron chi connectivity index (χ0n) is 14.4. The molecular weight excluding hydrogens is 432 g/mol. The van der Waals surface area contributed by atoms with Gasteiger partial charge in [-0.2, -0.15) is 0 Å². The van der Waals surface area contributed by atoms with Gasteiger partial charge in [-0.05, 0) is 48.3 Å². The maximum Gasteiger partial charge on any atom is 0.233 e. The molecule has 7 heteroatoms. The van der Waals surface area contributed by atoms with Gasteiger partial charge >= 0.3 is 0 Å². The number of rotatable bonds is 4. The molecule has 5 aliphatic rings. The van der Waals surface area contributed by atoms with Crippen molar-refractivity contribution in [1.29, 1.82) is 0 Å². The van der Waals surface area contributed by atoms with Crippen LogP contribution in [0.15, 0.2) is 34.8 Å². The van der Waals surface area contributed by atoms with Gasteiger partial charge in [-0.1, -0.05) is 39.7 Å². The Balaban J connectivity index is 1.25. The number of nitrogens with one attached hydrogen (secondary N) is 1. The Labute approximate surface area is 170 Å². The van der Waals surface area contributed by atoms with Gasteiger partial charge in [-0.25, -0.2) is 0 Å². The van der Waals surface area contributed by atoms with Crippen molar-refractivity contribution in [2.24, 2.45) is 35.5 Å². The molecule has 0 aromatic heterocycles. The third-order valence-corrected chi connectivity index (χ3v) is 7.33. The molecule has 1 aromatic carbocycles. The lowest BCUT2D eigenvalue weighted by molar-refractivity contribution is -0.140. The van der Waals surface area contributed by atoms with Crippen LogP contribution in [0.5, 0.6) is 0 Å². The number of imide groups is 1. The van der Waals surface area contributed by atoms with E-state index in [1.165, 1.54) is 4.90 Å². The minimum atomic E-state index is -0.265. The van der Waals surface area contributed by atoms with Crippen molar-refractivity contribution in [2.45, 2.75) is 12.8 Å². The highest BCUT2D eigenvalue weighted by atomic mass is 79.9. The first kappa shape index (κ1) is 17.4. The fourth-order valence-corrected chi connectivity index (χ4v) is 5.98. The predicted octanol–water partition coefficient (Wildman–Crippen LogP) is 3.48. The number of hydrogen-bond donors (Lipinski definition) is 1. The largest absolute Gasteiger partial charge is 0.325 e. The molecule has 6 atom stereocenters. The zero-order valence-corrected chi connectivity index (χ0v) is 16.7. The molecule has 4 aliphatic carbocycles. The first-order chi connectivity index (χ1) is 13.0. The Morgan fingerprint density at radius 3 is 2.37 bits per heavy atom. The molecule has 5 nitrogen and oxygen atoms in total. The SMILES string of the molecule is O=C(CCN1C(=O)C2C3C=CC(C4CC34)C2C1=O)Nc1ccc(Br)cc1Cl. The van der Waals surface area contributed by atoms with Crippen LogP contribution in [-0.2, 0) is 14.4 Å². The highest BCUT2D eigenvalue weighted by molar-refractivity contribution is 9.10. The summed E-state index contributed by atoms with van der Waals surface area (Å²) in [6.07, 6.45) is 5.51. The summed E-state index contributed by atoms with van der Waals surface area (Å²) < 4.78 is 0.822. The van der Waals surface area contributed by atoms with Crippen LogP contribution in [0.4, 0.5) is 5.69 Å². The van der Waals surface area contributed by atoms with Crippen LogP contribution in [0, 0.1) is 35.5 Å². The van der Waals surface area contributed by atoms with Crippen molar-refractivity contribution in [1.82, 2.24) is 4.90 Å². The van der Waals surface area contributed by atoms with Crippen molar-refractivity contribution in [3.63, 3.8) is 0 Å². The van der Waals surface area contributed by atoms with Crippen LogP contribution < -0.4 is 5.32 Å². The molecule has 140 valence electrons. The summed E-state index contributed by atoms with van der Waals surface area (Å²) >= 11 is 9.44. The second kappa shape index (κ2) is 6.17. The highest BCUT2D eigenvalue weighted by Crippen LogP contribution is 2.65. The number of carbonyl (C=O) groups excluding carboxylic acids is 3. The van der Waals surface area contributed by atoms with E-state index in [0.717, 1.165) is 10.9 Å². The maximum absolute atomic E-state index is 12.9. The maximum atomic E-state index is 12.9. The van der Waals surface area contributed by atoms with Crippen LogP contribution >= 0.6 is 27.5 Å². The number of likely N-dealkylation sites (tertiary alicyclic amines) is 1. The summed E-state index contributed by atoms with van der Waals surface area (Å²) in [7, 11) is 0.